The maximum absolute atomic E-state index is 6.33. The molecule has 0 spiro atoms. The Kier molecular flexibility index (Phi) is 8.14. The molecule has 1 aliphatic heterocycles. The van der Waals surface area contributed by atoms with E-state index < -0.39 is 0 Å². The molecule has 0 aliphatic carbocycles. The summed E-state index contributed by atoms with van der Waals surface area (Å²) in [5.74, 6) is 1.29. The summed E-state index contributed by atoms with van der Waals surface area (Å²) in [5.41, 5.74) is 15.2. The van der Waals surface area contributed by atoms with E-state index in [9.17, 15) is 0 Å². The molecule has 1 fully saturated rings. The van der Waals surface area contributed by atoms with Crippen LogP contribution in [0.4, 0.5) is 5.82 Å². The molecule has 192 valence electrons. The molecule has 1 saturated heterocycles. The van der Waals surface area contributed by atoms with Crippen molar-refractivity contribution in [3.63, 3.8) is 0 Å². The van der Waals surface area contributed by atoms with Crippen LogP contribution in [0.1, 0.15) is 46.2 Å². The maximum atomic E-state index is 6.33. The molecule has 4 nitrogen and oxygen atoms in total. The molecule has 0 unspecified atom stereocenters. The van der Waals surface area contributed by atoms with Gasteiger partial charge in [-0.05, 0) is 110 Å². The van der Waals surface area contributed by atoms with Crippen LogP contribution in [0.3, 0.4) is 0 Å². The number of ether oxygens (including phenoxy) is 1. The number of hydrogen-bond donors (Lipinski definition) is 2. The summed E-state index contributed by atoms with van der Waals surface area (Å²) in [4.78, 5) is 7.17. The van der Waals surface area contributed by atoms with Crippen molar-refractivity contribution in [1.82, 2.24) is 10.3 Å². The Balaban J connectivity index is 1.26. The summed E-state index contributed by atoms with van der Waals surface area (Å²) in [7, 11) is 0. The highest BCUT2D eigenvalue weighted by Crippen LogP contribution is 2.32. The summed E-state index contributed by atoms with van der Waals surface area (Å²) in [6, 6.07) is 22.1. The lowest BCUT2D eigenvalue weighted by molar-refractivity contribution is 0.0666. The Morgan fingerprint density at radius 1 is 0.919 bits per heavy atom. The SMILES string of the molecule is Cc1cc(C)c(CNCc2cccc(Sc3ccc4nc(N)c(CC5CCOCC5)cc4c3)c2)c(C)c1. The van der Waals surface area contributed by atoms with Crippen molar-refractivity contribution in [3.8, 4) is 0 Å². The molecule has 3 aromatic carbocycles. The minimum Gasteiger partial charge on any atom is -0.383 e. The fourth-order valence-electron chi connectivity index (χ4n) is 5.38. The third-order valence-corrected chi connectivity index (χ3v) is 8.33. The van der Waals surface area contributed by atoms with Gasteiger partial charge in [-0.25, -0.2) is 4.98 Å². The molecule has 4 aromatic rings. The number of pyridine rings is 1. The molecule has 5 heteroatoms. The third kappa shape index (κ3) is 6.53. The highest BCUT2D eigenvalue weighted by Gasteiger charge is 2.16. The van der Waals surface area contributed by atoms with Gasteiger partial charge < -0.3 is 15.8 Å². The highest BCUT2D eigenvalue weighted by atomic mass is 32.2. The molecule has 1 aliphatic rings. The van der Waals surface area contributed by atoms with Gasteiger partial charge in [0.1, 0.15) is 5.82 Å². The number of anilines is 1. The van der Waals surface area contributed by atoms with E-state index in [1.54, 1.807) is 11.8 Å². The summed E-state index contributed by atoms with van der Waals surface area (Å²) in [5, 5.41) is 4.80. The normalized spacial score (nSPS) is 14.4. The van der Waals surface area contributed by atoms with Crippen molar-refractivity contribution in [1.29, 1.82) is 0 Å². The average molecular weight is 512 g/mol. The average Bonchev–Trinajstić information content (AvgIpc) is 2.87. The lowest BCUT2D eigenvalue weighted by Crippen LogP contribution is -2.18. The largest absolute Gasteiger partial charge is 0.383 e. The van der Waals surface area contributed by atoms with Crippen molar-refractivity contribution in [2.45, 2.75) is 62.9 Å². The van der Waals surface area contributed by atoms with E-state index >= 15 is 0 Å². The first-order chi connectivity index (χ1) is 17.9. The second-order valence-electron chi connectivity index (χ2n) is 10.4. The second-order valence-corrected chi connectivity index (χ2v) is 11.5. The number of rotatable bonds is 8. The van der Waals surface area contributed by atoms with E-state index in [-0.39, 0.29) is 0 Å². The minimum absolute atomic E-state index is 0.628. The predicted molar refractivity (Wildman–Crippen MR) is 155 cm³/mol. The van der Waals surface area contributed by atoms with Gasteiger partial charge in [0, 0.05) is 41.5 Å². The van der Waals surface area contributed by atoms with E-state index in [1.807, 2.05) is 0 Å². The summed E-state index contributed by atoms with van der Waals surface area (Å²) >= 11 is 1.80. The smallest absolute Gasteiger partial charge is 0.127 e. The zero-order valence-corrected chi connectivity index (χ0v) is 23.0. The standard InChI is InChI=1S/C32H37N3OS/c1-21-13-22(2)30(23(3)14-21)20-34-19-25-5-4-6-28(16-25)37-29-7-8-31-26(18-29)17-27(32(33)35-31)15-24-9-11-36-12-10-24/h4-8,13-14,16-18,24,34H,9-12,15,19-20H2,1-3H3,(H2,33,35). The Bertz CT molecular complexity index is 1370. The number of nitrogens with one attached hydrogen (secondary N) is 1. The molecule has 2 heterocycles. The van der Waals surface area contributed by atoms with Gasteiger partial charge in [-0.2, -0.15) is 0 Å². The Hall–Kier alpha value is -2.86. The van der Waals surface area contributed by atoms with Crippen LogP contribution in [-0.2, 0) is 24.2 Å². The van der Waals surface area contributed by atoms with Crippen LogP contribution in [-0.4, -0.2) is 18.2 Å². The van der Waals surface area contributed by atoms with E-state index in [0.717, 1.165) is 62.0 Å². The number of nitrogen functional groups attached to an aromatic ring is 1. The van der Waals surface area contributed by atoms with Crippen LogP contribution >= 0.6 is 11.8 Å². The van der Waals surface area contributed by atoms with Gasteiger partial charge in [0.05, 0.1) is 5.52 Å². The van der Waals surface area contributed by atoms with Gasteiger partial charge in [0.2, 0.25) is 0 Å². The monoisotopic (exact) mass is 511 g/mol. The number of aryl methyl sites for hydroxylation is 3. The first-order valence-corrected chi connectivity index (χ1v) is 14.1. The van der Waals surface area contributed by atoms with Gasteiger partial charge in [-0.3, -0.25) is 0 Å². The predicted octanol–water partition coefficient (Wildman–Crippen LogP) is 7.15. The Morgan fingerprint density at radius 2 is 1.68 bits per heavy atom. The highest BCUT2D eigenvalue weighted by molar-refractivity contribution is 7.99. The fraction of sp³-hybridized carbons (Fsp3) is 0.344. The molecule has 0 atom stereocenters. The van der Waals surface area contributed by atoms with Crippen molar-refractivity contribution in [3.05, 3.63) is 94.0 Å². The van der Waals surface area contributed by atoms with Crippen LogP contribution in [0.25, 0.3) is 10.9 Å². The number of nitrogens with two attached hydrogens (primary N) is 1. The number of hydrogen-bond acceptors (Lipinski definition) is 5. The van der Waals surface area contributed by atoms with Gasteiger partial charge >= 0.3 is 0 Å². The summed E-state index contributed by atoms with van der Waals surface area (Å²) < 4.78 is 5.52. The number of nitrogens with zero attached hydrogens (tertiary/aromatic N) is 1. The molecule has 0 radical (unpaired) electrons. The van der Waals surface area contributed by atoms with Crippen LogP contribution in [0.2, 0.25) is 0 Å². The van der Waals surface area contributed by atoms with Gasteiger partial charge in [-0.15, -0.1) is 0 Å². The molecular weight excluding hydrogens is 474 g/mol. The molecule has 0 saturated carbocycles. The first-order valence-electron chi connectivity index (χ1n) is 13.3. The summed E-state index contributed by atoms with van der Waals surface area (Å²) in [6.07, 6.45) is 3.18. The molecule has 37 heavy (non-hydrogen) atoms. The zero-order chi connectivity index (χ0) is 25.8. The lowest BCUT2D eigenvalue weighted by atomic mass is 9.92. The lowest BCUT2D eigenvalue weighted by Gasteiger charge is -2.22. The minimum atomic E-state index is 0.628. The topological polar surface area (TPSA) is 60.2 Å². The van der Waals surface area contributed by atoms with Crippen LogP contribution in [0.5, 0.6) is 0 Å². The molecule has 0 amide bonds. The van der Waals surface area contributed by atoms with Crippen molar-refractivity contribution >= 4 is 28.5 Å². The molecule has 5 rings (SSSR count). The van der Waals surface area contributed by atoms with Gasteiger partial charge in [0.25, 0.3) is 0 Å². The Morgan fingerprint density at radius 3 is 2.46 bits per heavy atom. The van der Waals surface area contributed by atoms with Crippen LogP contribution in [0.15, 0.2) is 70.5 Å². The van der Waals surface area contributed by atoms with Gasteiger partial charge in [-0.1, -0.05) is 41.6 Å². The zero-order valence-electron chi connectivity index (χ0n) is 22.1. The van der Waals surface area contributed by atoms with Gasteiger partial charge in [0.15, 0.2) is 0 Å². The molecule has 0 bridgehead atoms. The van der Waals surface area contributed by atoms with Crippen molar-refractivity contribution in [2.75, 3.05) is 18.9 Å². The molecule has 1 aromatic heterocycles. The maximum Gasteiger partial charge on any atom is 0.127 e. The van der Waals surface area contributed by atoms with E-state index in [1.165, 1.54) is 37.6 Å². The third-order valence-electron chi connectivity index (χ3n) is 7.35. The van der Waals surface area contributed by atoms with E-state index in [4.69, 9.17) is 15.5 Å². The summed E-state index contributed by atoms with van der Waals surface area (Å²) in [6.45, 7) is 10.0. The number of fused-ring (bicyclic) bond motifs is 1. The Labute approximate surface area is 225 Å². The van der Waals surface area contributed by atoms with Crippen molar-refractivity contribution in [2.24, 2.45) is 5.92 Å². The molecule has 3 N–H and O–H groups in total. The second kappa shape index (κ2) is 11.7. The number of benzene rings is 3. The van der Waals surface area contributed by atoms with E-state index in [2.05, 4.69) is 86.8 Å². The van der Waals surface area contributed by atoms with E-state index in [0.29, 0.717) is 11.7 Å². The number of aromatic nitrogens is 1. The van der Waals surface area contributed by atoms with Crippen molar-refractivity contribution < 1.29 is 4.74 Å². The van der Waals surface area contributed by atoms with Crippen LogP contribution in [0, 0.1) is 26.7 Å². The quantitative estimate of drug-likeness (QED) is 0.263. The van der Waals surface area contributed by atoms with Crippen LogP contribution < -0.4 is 11.1 Å². The first kappa shape index (κ1) is 25.8. The fourth-order valence-corrected chi connectivity index (χ4v) is 6.33. The molecular formula is C32H37N3OS.